The second-order valence-corrected chi connectivity index (χ2v) is 6.43. The van der Waals surface area contributed by atoms with Crippen LogP contribution >= 0.6 is 0 Å². The molecule has 1 aromatic carbocycles. The Morgan fingerprint density at radius 3 is 2.55 bits per heavy atom. The van der Waals surface area contributed by atoms with Gasteiger partial charge in [0.1, 0.15) is 11.8 Å². The van der Waals surface area contributed by atoms with Gasteiger partial charge in [0.15, 0.2) is 6.61 Å². The summed E-state index contributed by atoms with van der Waals surface area (Å²) in [6, 6.07) is 10.2. The van der Waals surface area contributed by atoms with E-state index in [1.807, 2.05) is 30.3 Å². The molecule has 110 valence electrons. The smallest absolute Gasteiger partial charge is 0.174 e. The molecule has 4 nitrogen and oxygen atoms in total. The van der Waals surface area contributed by atoms with Gasteiger partial charge in [0, 0.05) is 34.9 Å². The van der Waals surface area contributed by atoms with Crippen molar-refractivity contribution in [3.63, 3.8) is 0 Å². The number of nitrogens with one attached hydrogen (secondary N) is 1. The molecule has 20 heavy (non-hydrogen) atoms. The van der Waals surface area contributed by atoms with Crippen LogP contribution in [0, 0.1) is 11.3 Å². The van der Waals surface area contributed by atoms with Crippen molar-refractivity contribution in [1.82, 2.24) is 5.32 Å². The molecule has 0 spiro atoms. The van der Waals surface area contributed by atoms with Crippen LogP contribution in [0.1, 0.15) is 31.9 Å². The highest BCUT2D eigenvalue weighted by Gasteiger charge is 2.10. The van der Waals surface area contributed by atoms with Crippen molar-refractivity contribution in [3.05, 3.63) is 29.8 Å². The van der Waals surface area contributed by atoms with Crippen molar-refractivity contribution in [2.24, 2.45) is 0 Å². The van der Waals surface area contributed by atoms with E-state index in [1.54, 1.807) is 6.26 Å². The molecule has 0 heterocycles. The van der Waals surface area contributed by atoms with Crippen LogP contribution in [0.15, 0.2) is 24.3 Å². The SMILES string of the molecule is CC(CCS(C)=O)NC(C)c1ccc(OCC#N)cc1. The molecule has 3 atom stereocenters. The Hall–Kier alpha value is -1.38. The molecule has 0 amide bonds. The largest absolute Gasteiger partial charge is 0.479 e. The van der Waals surface area contributed by atoms with Gasteiger partial charge in [0.2, 0.25) is 0 Å². The maximum absolute atomic E-state index is 11.1. The number of hydrogen-bond donors (Lipinski definition) is 1. The summed E-state index contributed by atoms with van der Waals surface area (Å²) in [5.41, 5.74) is 1.17. The average Bonchev–Trinajstić information content (AvgIpc) is 2.43. The van der Waals surface area contributed by atoms with Crippen LogP contribution in [0.4, 0.5) is 0 Å². The molecule has 0 aliphatic heterocycles. The van der Waals surface area contributed by atoms with Gasteiger partial charge in [-0.1, -0.05) is 12.1 Å². The molecule has 0 aromatic heterocycles. The van der Waals surface area contributed by atoms with Crippen LogP contribution in [0.3, 0.4) is 0 Å². The Morgan fingerprint density at radius 1 is 1.35 bits per heavy atom. The minimum absolute atomic E-state index is 0.0678. The van der Waals surface area contributed by atoms with Crippen LogP contribution in [-0.4, -0.2) is 28.9 Å². The normalized spacial score (nSPS) is 15.1. The molecule has 0 radical (unpaired) electrons. The van der Waals surface area contributed by atoms with Crippen LogP contribution in [-0.2, 0) is 10.8 Å². The maximum Gasteiger partial charge on any atom is 0.174 e. The first-order chi connectivity index (χ1) is 9.52. The number of benzene rings is 1. The molecule has 1 aromatic rings. The standard InChI is InChI=1S/C15H22N2O2S/c1-12(8-11-20(3)18)17-13(2)14-4-6-15(7-5-14)19-10-9-16/h4-7,12-13,17H,8,10-11H2,1-3H3. The number of rotatable bonds is 8. The number of nitrogens with zero attached hydrogens (tertiary/aromatic N) is 1. The Kier molecular flexibility index (Phi) is 7.27. The maximum atomic E-state index is 11.1. The first-order valence-corrected chi connectivity index (χ1v) is 8.41. The molecular weight excluding hydrogens is 272 g/mol. The lowest BCUT2D eigenvalue weighted by atomic mass is 10.1. The van der Waals surface area contributed by atoms with Gasteiger partial charge in [-0.2, -0.15) is 5.26 Å². The van der Waals surface area contributed by atoms with Gasteiger partial charge < -0.3 is 10.1 Å². The zero-order valence-corrected chi connectivity index (χ0v) is 13.1. The molecular formula is C15H22N2O2S. The number of nitriles is 1. The number of ether oxygens (including phenoxy) is 1. The fourth-order valence-corrected chi connectivity index (χ4v) is 2.60. The highest BCUT2D eigenvalue weighted by molar-refractivity contribution is 7.84. The molecule has 5 heteroatoms. The van der Waals surface area contributed by atoms with Crippen LogP contribution in [0.5, 0.6) is 5.75 Å². The van der Waals surface area contributed by atoms with Gasteiger partial charge in [0.25, 0.3) is 0 Å². The molecule has 0 aliphatic carbocycles. The topological polar surface area (TPSA) is 62.1 Å². The molecule has 1 rings (SSSR count). The molecule has 1 N–H and O–H groups in total. The van der Waals surface area contributed by atoms with E-state index in [-0.39, 0.29) is 12.6 Å². The molecule has 0 fully saturated rings. The summed E-state index contributed by atoms with van der Waals surface area (Å²) in [6.07, 6.45) is 2.63. The summed E-state index contributed by atoms with van der Waals surface area (Å²) < 4.78 is 16.3. The monoisotopic (exact) mass is 294 g/mol. The summed E-state index contributed by atoms with van der Waals surface area (Å²) in [4.78, 5) is 0. The molecule has 3 unspecified atom stereocenters. The highest BCUT2D eigenvalue weighted by atomic mass is 32.2. The highest BCUT2D eigenvalue weighted by Crippen LogP contribution is 2.18. The van der Waals surface area contributed by atoms with E-state index in [9.17, 15) is 4.21 Å². The summed E-state index contributed by atoms with van der Waals surface area (Å²) in [5.74, 6) is 1.43. The van der Waals surface area contributed by atoms with E-state index >= 15 is 0 Å². The van der Waals surface area contributed by atoms with Crippen molar-refractivity contribution in [3.8, 4) is 11.8 Å². The minimum atomic E-state index is -0.735. The Morgan fingerprint density at radius 2 is 2.00 bits per heavy atom. The quantitative estimate of drug-likeness (QED) is 0.799. The first kappa shape index (κ1) is 16.7. The lowest BCUT2D eigenvalue weighted by Crippen LogP contribution is -2.30. The average molecular weight is 294 g/mol. The summed E-state index contributed by atoms with van der Waals surface area (Å²) >= 11 is 0. The summed E-state index contributed by atoms with van der Waals surface area (Å²) in [5, 5.41) is 11.9. The van der Waals surface area contributed by atoms with E-state index in [0.717, 1.165) is 12.2 Å². The molecule has 0 saturated heterocycles. The third-order valence-electron chi connectivity index (χ3n) is 3.06. The second kappa shape index (κ2) is 8.72. The summed E-state index contributed by atoms with van der Waals surface area (Å²) in [6.45, 7) is 4.27. The van der Waals surface area contributed by atoms with Crippen molar-refractivity contribution >= 4 is 10.8 Å². The van der Waals surface area contributed by atoms with Crippen molar-refractivity contribution in [2.75, 3.05) is 18.6 Å². The van der Waals surface area contributed by atoms with Gasteiger partial charge in [-0.15, -0.1) is 0 Å². The van der Waals surface area contributed by atoms with Crippen LogP contribution < -0.4 is 10.1 Å². The fraction of sp³-hybridized carbons (Fsp3) is 0.533. The zero-order chi connectivity index (χ0) is 15.0. The summed E-state index contributed by atoms with van der Waals surface area (Å²) in [7, 11) is -0.735. The molecule has 0 bridgehead atoms. The first-order valence-electron chi connectivity index (χ1n) is 6.68. The number of hydrogen-bond acceptors (Lipinski definition) is 4. The van der Waals surface area contributed by atoms with Gasteiger partial charge in [-0.25, -0.2) is 0 Å². The van der Waals surface area contributed by atoms with Gasteiger partial charge in [-0.05, 0) is 38.0 Å². The predicted octanol–water partition coefficient (Wildman–Crippen LogP) is 2.40. The van der Waals surface area contributed by atoms with Crippen molar-refractivity contribution in [2.45, 2.75) is 32.4 Å². The molecule has 0 saturated carbocycles. The Labute approximate surface area is 123 Å². The van der Waals surface area contributed by atoms with E-state index in [0.29, 0.717) is 11.8 Å². The lowest BCUT2D eigenvalue weighted by Gasteiger charge is -2.20. The molecule has 0 aliphatic rings. The van der Waals surface area contributed by atoms with Crippen LogP contribution in [0.2, 0.25) is 0 Å². The van der Waals surface area contributed by atoms with E-state index in [4.69, 9.17) is 10.00 Å². The van der Waals surface area contributed by atoms with E-state index < -0.39 is 10.8 Å². The van der Waals surface area contributed by atoms with Gasteiger partial charge in [-0.3, -0.25) is 4.21 Å². The van der Waals surface area contributed by atoms with E-state index in [1.165, 1.54) is 5.56 Å². The van der Waals surface area contributed by atoms with Gasteiger partial charge in [0.05, 0.1) is 0 Å². The van der Waals surface area contributed by atoms with Gasteiger partial charge >= 0.3 is 0 Å². The predicted molar refractivity (Wildman–Crippen MR) is 82.1 cm³/mol. The second-order valence-electron chi connectivity index (χ2n) is 4.87. The minimum Gasteiger partial charge on any atom is -0.479 e. The Balaban J connectivity index is 2.48. The fourth-order valence-electron chi connectivity index (χ4n) is 1.92. The van der Waals surface area contributed by atoms with Crippen molar-refractivity contribution < 1.29 is 8.95 Å². The Bertz CT molecular complexity index is 468. The zero-order valence-electron chi connectivity index (χ0n) is 12.3. The third-order valence-corrected chi connectivity index (χ3v) is 3.87. The van der Waals surface area contributed by atoms with Crippen LogP contribution in [0.25, 0.3) is 0 Å². The van der Waals surface area contributed by atoms with E-state index in [2.05, 4.69) is 19.2 Å². The third kappa shape index (κ3) is 6.18. The lowest BCUT2D eigenvalue weighted by molar-refractivity contribution is 0.368. The van der Waals surface area contributed by atoms with Crippen molar-refractivity contribution in [1.29, 1.82) is 5.26 Å².